The highest BCUT2D eigenvalue weighted by atomic mass is 35.5. The number of para-hydroxylation sites is 1. The molecule has 0 aliphatic carbocycles. The second kappa shape index (κ2) is 8.34. The Hall–Kier alpha value is -1.55. The minimum Gasteiger partial charge on any atom is -0.489 e. The molecule has 0 amide bonds. The molecule has 1 heterocycles. The smallest absolute Gasteiger partial charge is 0.124 e. The lowest BCUT2D eigenvalue weighted by atomic mass is 10.2. The van der Waals surface area contributed by atoms with Crippen LogP contribution in [-0.4, -0.2) is 19.3 Å². The summed E-state index contributed by atoms with van der Waals surface area (Å²) in [6.45, 7) is 3.09. The molecule has 1 atom stereocenters. The van der Waals surface area contributed by atoms with E-state index >= 15 is 0 Å². The molecule has 0 unspecified atom stereocenters. The highest BCUT2D eigenvalue weighted by Gasteiger charge is 2.14. The fourth-order valence-corrected chi connectivity index (χ4v) is 2.96. The van der Waals surface area contributed by atoms with Crippen LogP contribution < -0.4 is 10.1 Å². The Labute approximate surface area is 142 Å². The van der Waals surface area contributed by atoms with Gasteiger partial charge in [-0.15, -0.1) is 0 Å². The minimum absolute atomic E-state index is 0.356. The van der Waals surface area contributed by atoms with Crippen LogP contribution in [0.2, 0.25) is 5.02 Å². The largest absolute Gasteiger partial charge is 0.489 e. The molecule has 23 heavy (non-hydrogen) atoms. The van der Waals surface area contributed by atoms with Crippen molar-refractivity contribution in [1.82, 2.24) is 5.32 Å². The summed E-state index contributed by atoms with van der Waals surface area (Å²) in [4.78, 5) is 0. The van der Waals surface area contributed by atoms with Crippen molar-refractivity contribution in [3.8, 4) is 5.75 Å². The monoisotopic (exact) mass is 331 g/mol. The number of benzene rings is 2. The first-order valence-electron chi connectivity index (χ1n) is 8.09. The summed E-state index contributed by atoms with van der Waals surface area (Å²) < 4.78 is 11.6. The predicted molar refractivity (Wildman–Crippen MR) is 92.9 cm³/mol. The van der Waals surface area contributed by atoms with Gasteiger partial charge in [-0.3, -0.25) is 0 Å². The van der Waals surface area contributed by atoms with Crippen molar-refractivity contribution in [3.05, 3.63) is 64.7 Å². The van der Waals surface area contributed by atoms with Gasteiger partial charge < -0.3 is 14.8 Å². The van der Waals surface area contributed by atoms with Gasteiger partial charge in [0.25, 0.3) is 0 Å². The van der Waals surface area contributed by atoms with E-state index in [9.17, 15) is 0 Å². The number of hydrogen-bond acceptors (Lipinski definition) is 3. The molecule has 0 radical (unpaired) electrons. The van der Waals surface area contributed by atoms with Crippen molar-refractivity contribution >= 4 is 11.6 Å². The lowest BCUT2D eigenvalue weighted by Crippen LogP contribution is -2.25. The SMILES string of the molecule is Clc1cccc(COc2ccccc2CNC[C@H]2CCCO2)c1. The molecule has 4 heteroatoms. The van der Waals surface area contributed by atoms with Gasteiger partial charge in [0.2, 0.25) is 0 Å². The Balaban J connectivity index is 1.54. The maximum absolute atomic E-state index is 6.01. The summed E-state index contributed by atoms with van der Waals surface area (Å²) in [5.74, 6) is 0.910. The van der Waals surface area contributed by atoms with Gasteiger partial charge >= 0.3 is 0 Å². The highest BCUT2D eigenvalue weighted by Crippen LogP contribution is 2.20. The van der Waals surface area contributed by atoms with Crippen LogP contribution in [0.5, 0.6) is 5.75 Å². The van der Waals surface area contributed by atoms with Crippen molar-refractivity contribution < 1.29 is 9.47 Å². The van der Waals surface area contributed by atoms with Crippen LogP contribution >= 0.6 is 11.6 Å². The van der Waals surface area contributed by atoms with Crippen LogP contribution in [0.15, 0.2) is 48.5 Å². The summed E-state index contributed by atoms with van der Waals surface area (Å²) in [7, 11) is 0. The maximum atomic E-state index is 6.01. The molecular weight excluding hydrogens is 310 g/mol. The van der Waals surface area contributed by atoms with E-state index in [1.54, 1.807) is 0 Å². The molecule has 1 N–H and O–H groups in total. The molecule has 122 valence electrons. The van der Waals surface area contributed by atoms with E-state index in [0.29, 0.717) is 12.7 Å². The zero-order valence-electron chi connectivity index (χ0n) is 13.1. The van der Waals surface area contributed by atoms with E-state index in [4.69, 9.17) is 21.1 Å². The molecule has 0 saturated carbocycles. The minimum atomic E-state index is 0.356. The Kier molecular flexibility index (Phi) is 5.92. The Morgan fingerprint density at radius 1 is 1.17 bits per heavy atom. The number of nitrogens with one attached hydrogen (secondary N) is 1. The Bertz CT molecular complexity index is 626. The van der Waals surface area contributed by atoms with E-state index in [-0.39, 0.29) is 0 Å². The van der Waals surface area contributed by atoms with Gasteiger partial charge in [-0.05, 0) is 36.6 Å². The molecule has 1 aliphatic rings. The number of rotatable bonds is 7. The lowest BCUT2D eigenvalue weighted by Gasteiger charge is -2.14. The Morgan fingerprint density at radius 3 is 2.91 bits per heavy atom. The van der Waals surface area contributed by atoms with Crippen molar-refractivity contribution in [1.29, 1.82) is 0 Å². The fourth-order valence-electron chi connectivity index (χ4n) is 2.75. The molecule has 0 aromatic heterocycles. The van der Waals surface area contributed by atoms with Crippen LogP contribution in [0.3, 0.4) is 0 Å². The zero-order valence-corrected chi connectivity index (χ0v) is 13.9. The summed E-state index contributed by atoms with van der Waals surface area (Å²) in [6.07, 6.45) is 2.68. The van der Waals surface area contributed by atoms with Gasteiger partial charge in [0, 0.05) is 30.3 Å². The number of hydrogen-bond donors (Lipinski definition) is 1. The first kappa shape index (κ1) is 16.3. The topological polar surface area (TPSA) is 30.5 Å². The van der Waals surface area contributed by atoms with Crippen LogP contribution in [-0.2, 0) is 17.9 Å². The normalized spacial score (nSPS) is 17.3. The van der Waals surface area contributed by atoms with E-state index in [1.165, 1.54) is 6.42 Å². The third kappa shape index (κ3) is 4.96. The van der Waals surface area contributed by atoms with E-state index in [0.717, 1.165) is 48.0 Å². The van der Waals surface area contributed by atoms with E-state index < -0.39 is 0 Å². The van der Waals surface area contributed by atoms with E-state index in [1.807, 2.05) is 42.5 Å². The number of ether oxygens (including phenoxy) is 2. The molecule has 2 aromatic carbocycles. The average molecular weight is 332 g/mol. The van der Waals surface area contributed by atoms with Gasteiger partial charge in [0.15, 0.2) is 0 Å². The summed E-state index contributed by atoms with van der Waals surface area (Å²) in [5.41, 5.74) is 2.23. The summed E-state index contributed by atoms with van der Waals surface area (Å²) in [6, 6.07) is 15.9. The quantitative estimate of drug-likeness (QED) is 0.825. The highest BCUT2D eigenvalue weighted by molar-refractivity contribution is 6.30. The molecule has 3 nitrogen and oxygen atoms in total. The zero-order chi connectivity index (χ0) is 15.9. The van der Waals surface area contributed by atoms with Gasteiger partial charge in [0.05, 0.1) is 6.10 Å². The second-order valence-electron chi connectivity index (χ2n) is 5.79. The molecule has 0 spiro atoms. The predicted octanol–water partition coefficient (Wildman–Crippen LogP) is 4.19. The maximum Gasteiger partial charge on any atom is 0.124 e. The average Bonchev–Trinajstić information content (AvgIpc) is 3.07. The van der Waals surface area contributed by atoms with Gasteiger partial charge in [0.1, 0.15) is 12.4 Å². The van der Waals surface area contributed by atoms with Gasteiger partial charge in [-0.2, -0.15) is 0 Å². The third-order valence-corrected chi connectivity index (χ3v) is 4.20. The van der Waals surface area contributed by atoms with Gasteiger partial charge in [-0.1, -0.05) is 41.9 Å². The lowest BCUT2D eigenvalue weighted by molar-refractivity contribution is 0.110. The molecule has 1 aliphatic heterocycles. The van der Waals surface area contributed by atoms with E-state index in [2.05, 4.69) is 11.4 Å². The molecule has 1 fully saturated rings. The molecular formula is C19H22ClNO2. The van der Waals surface area contributed by atoms with Crippen molar-refractivity contribution in [2.45, 2.75) is 32.1 Å². The summed E-state index contributed by atoms with van der Waals surface area (Å²) in [5, 5.41) is 4.20. The molecule has 1 saturated heterocycles. The first-order valence-corrected chi connectivity index (χ1v) is 8.46. The summed E-state index contributed by atoms with van der Waals surface area (Å²) >= 11 is 6.01. The van der Waals surface area contributed by atoms with Gasteiger partial charge in [-0.25, -0.2) is 0 Å². The van der Waals surface area contributed by atoms with Crippen LogP contribution in [0.25, 0.3) is 0 Å². The van der Waals surface area contributed by atoms with Crippen molar-refractivity contribution in [2.24, 2.45) is 0 Å². The number of halogens is 1. The first-order chi connectivity index (χ1) is 11.3. The molecule has 2 aromatic rings. The van der Waals surface area contributed by atoms with Crippen LogP contribution in [0, 0.1) is 0 Å². The molecule has 3 rings (SSSR count). The Morgan fingerprint density at radius 2 is 2.09 bits per heavy atom. The second-order valence-corrected chi connectivity index (χ2v) is 6.23. The fraction of sp³-hybridized carbons (Fsp3) is 0.368. The van der Waals surface area contributed by atoms with Crippen LogP contribution in [0.1, 0.15) is 24.0 Å². The van der Waals surface area contributed by atoms with Crippen molar-refractivity contribution in [2.75, 3.05) is 13.2 Å². The molecule has 0 bridgehead atoms. The third-order valence-electron chi connectivity index (χ3n) is 3.97. The van der Waals surface area contributed by atoms with Crippen LogP contribution in [0.4, 0.5) is 0 Å². The van der Waals surface area contributed by atoms with Crippen molar-refractivity contribution in [3.63, 3.8) is 0 Å². The standard InChI is InChI=1S/C19H22ClNO2/c20-17-7-3-5-15(11-17)14-23-19-9-2-1-6-16(19)12-21-13-18-8-4-10-22-18/h1-3,5-7,9,11,18,21H,4,8,10,12-14H2/t18-/m1/s1.